The minimum Gasteiger partial charge on any atom is -0.480 e. The molecule has 6 nitrogen and oxygen atoms in total. The van der Waals surface area contributed by atoms with E-state index in [1.165, 1.54) is 12.8 Å². The van der Waals surface area contributed by atoms with Crippen LogP contribution in [-0.2, 0) is 6.42 Å². The van der Waals surface area contributed by atoms with E-state index in [0.29, 0.717) is 17.7 Å². The number of pyridine rings is 1. The molecular formula is C14H18N4O2. The SMILES string of the molecule is COc1ncccc1-c1nnc(CCCNC2CC2)o1. The van der Waals surface area contributed by atoms with E-state index in [1.807, 2.05) is 12.1 Å². The maximum Gasteiger partial charge on any atom is 0.253 e. The first-order chi connectivity index (χ1) is 9.86. The van der Waals surface area contributed by atoms with Gasteiger partial charge in [-0.15, -0.1) is 10.2 Å². The molecule has 0 radical (unpaired) electrons. The minimum absolute atomic E-state index is 0.458. The highest BCUT2D eigenvalue weighted by molar-refractivity contribution is 5.59. The lowest BCUT2D eigenvalue weighted by Gasteiger charge is -2.02. The van der Waals surface area contributed by atoms with E-state index < -0.39 is 0 Å². The first-order valence-electron chi connectivity index (χ1n) is 6.92. The van der Waals surface area contributed by atoms with Crippen LogP contribution in [0, 0.1) is 0 Å². The van der Waals surface area contributed by atoms with Gasteiger partial charge >= 0.3 is 0 Å². The quantitative estimate of drug-likeness (QED) is 0.776. The van der Waals surface area contributed by atoms with Gasteiger partial charge in [-0.2, -0.15) is 0 Å². The summed E-state index contributed by atoms with van der Waals surface area (Å²) in [5.74, 6) is 1.61. The maximum absolute atomic E-state index is 5.66. The highest BCUT2D eigenvalue weighted by Crippen LogP contribution is 2.26. The monoisotopic (exact) mass is 274 g/mol. The normalized spacial score (nSPS) is 14.4. The molecule has 2 aromatic heterocycles. The average molecular weight is 274 g/mol. The van der Waals surface area contributed by atoms with Crippen LogP contribution in [-0.4, -0.2) is 34.9 Å². The predicted octanol–water partition coefficient (Wildman–Crippen LogP) is 1.82. The smallest absolute Gasteiger partial charge is 0.253 e. The fraction of sp³-hybridized carbons (Fsp3) is 0.500. The number of methoxy groups -OCH3 is 1. The van der Waals surface area contributed by atoms with E-state index in [9.17, 15) is 0 Å². The second kappa shape index (κ2) is 6.00. The van der Waals surface area contributed by atoms with Gasteiger partial charge in [0.15, 0.2) is 0 Å². The van der Waals surface area contributed by atoms with Gasteiger partial charge < -0.3 is 14.5 Å². The van der Waals surface area contributed by atoms with Crippen molar-refractivity contribution >= 4 is 0 Å². The molecule has 0 saturated heterocycles. The lowest BCUT2D eigenvalue weighted by Crippen LogP contribution is -2.17. The summed E-state index contributed by atoms with van der Waals surface area (Å²) in [5.41, 5.74) is 0.727. The Morgan fingerprint density at radius 3 is 3.10 bits per heavy atom. The van der Waals surface area contributed by atoms with E-state index >= 15 is 0 Å². The van der Waals surface area contributed by atoms with Gasteiger partial charge in [0.1, 0.15) is 5.56 Å². The number of ether oxygens (including phenoxy) is 1. The predicted molar refractivity (Wildman–Crippen MR) is 73.4 cm³/mol. The topological polar surface area (TPSA) is 73.1 Å². The minimum atomic E-state index is 0.458. The Morgan fingerprint density at radius 2 is 2.30 bits per heavy atom. The second-order valence-electron chi connectivity index (χ2n) is 4.89. The molecule has 0 atom stereocenters. The largest absolute Gasteiger partial charge is 0.480 e. The molecule has 1 aliphatic carbocycles. The third kappa shape index (κ3) is 3.14. The molecule has 106 valence electrons. The number of nitrogens with zero attached hydrogens (tertiary/aromatic N) is 3. The van der Waals surface area contributed by atoms with Crippen molar-refractivity contribution in [1.29, 1.82) is 0 Å². The van der Waals surface area contributed by atoms with Crippen LogP contribution in [0.4, 0.5) is 0 Å². The Labute approximate surface area is 117 Å². The fourth-order valence-electron chi connectivity index (χ4n) is 2.01. The summed E-state index contributed by atoms with van der Waals surface area (Å²) in [7, 11) is 1.58. The van der Waals surface area contributed by atoms with Gasteiger partial charge in [-0.25, -0.2) is 4.98 Å². The fourth-order valence-corrected chi connectivity index (χ4v) is 2.01. The van der Waals surface area contributed by atoms with Crippen LogP contribution in [0.25, 0.3) is 11.5 Å². The molecule has 0 amide bonds. The second-order valence-corrected chi connectivity index (χ2v) is 4.89. The molecule has 0 unspecified atom stereocenters. The van der Waals surface area contributed by atoms with Crippen molar-refractivity contribution in [3.8, 4) is 17.3 Å². The van der Waals surface area contributed by atoms with Gasteiger partial charge in [0.05, 0.1) is 7.11 Å². The van der Waals surface area contributed by atoms with Crippen molar-refractivity contribution in [2.24, 2.45) is 0 Å². The molecule has 1 saturated carbocycles. The molecule has 3 rings (SSSR count). The molecular weight excluding hydrogens is 256 g/mol. The van der Waals surface area contributed by atoms with Gasteiger partial charge in [0.25, 0.3) is 5.89 Å². The number of hydrogen-bond donors (Lipinski definition) is 1. The molecule has 2 aromatic rings. The van der Waals surface area contributed by atoms with E-state index in [-0.39, 0.29) is 0 Å². The highest BCUT2D eigenvalue weighted by Gasteiger charge is 2.19. The molecule has 6 heteroatoms. The molecule has 0 spiro atoms. The van der Waals surface area contributed by atoms with Crippen molar-refractivity contribution in [1.82, 2.24) is 20.5 Å². The third-order valence-corrected chi connectivity index (χ3v) is 3.24. The summed E-state index contributed by atoms with van der Waals surface area (Å²) >= 11 is 0. The molecule has 2 heterocycles. The van der Waals surface area contributed by atoms with E-state index in [1.54, 1.807) is 13.3 Å². The Hall–Kier alpha value is -1.95. The molecule has 0 aliphatic heterocycles. The van der Waals surface area contributed by atoms with Gasteiger partial charge in [-0.3, -0.25) is 0 Å². The summed E-state index contributed by atoms with van der Waals surface area (Å²) in [6.07, 6.45) is 6.08. The molecule has 1 aliphatic rings. The van der Waals surface area contributed by atoms with Crippen LogP contribution in [0.3, 0.4) is 0 Å². The Kier molecular flexibility index (Phi) is 3.92. The number of rotatable bonds is 7. The maximum atomic E-state index is 5.66. The number of nitrogens with one attached hydrogen (secondary N) is 1. The van der Waals surface area contributed by atoms with Gasteiger partial charge in [0.2, 0.25) is 11.8 Å². The van der Waals surface area contributed by atoms with Crippen LogP contribution in [0.5, 0.6) is 5.88 Å². The van der Waals surface area contributed by atoms with Crippen molar-refractivity contribution in [2.75, 3.05) is 13.7 Å². The zero-order valence-electron chi connectivity index (χ0n) is 11.5. The number of aryl methyl sites for hydroxylation is 1. The van der Waals surface area contributed by atoms with Crippen LogP contribution in [0.2, 0.25) is 0 Å². The van der Waals surface area contributed by atoms with Crippen LogP contribution in [0.1, 0.15) is 25.2 Å². The van der Waals surface area contributed by atoms with Crippen LogP contribution >= 0.6 is 0 Å². The van der Waals surface area contributed by atoms with Crippen LogP contribution < -0.4 is 10.1 Å². The molecule has 0 bridgehead atoms. The molecule has 1 fully saturated rings. The van der Waals surface area contributed by atoms with Gasteiger partial charge in [0, 0.05) is 18.7 Å². The average Bonchev–Trinajstić information content (AvgIpc) is 3.20. The molecule has 1 N–H and O–H groups in total. The summed E-state index contributed by atoms with van der Waals surface area (Å²) in [6, 6.07) is 4.42. The highest BCUT2D eigenvalue weighted by atomic mass is 16.5. The standard InChI is InChI=1S/C14H18N4O2/c1-19-13-11(4-2-9-16-13)14-18-17-12(20-14)5-3-8-15-10-6-7-10/h2,4,9-10,15H,3,5-8H2,1H3. The van der Waals surface area contributed by atoms with E-state index in [0.717, 1.165) is 31.0 Å². The Balaban J connectivity index is 1.60. The van der Waals surface area contributed by atoms with E-state index in [2.05, 4.69) is 20.5 Å². The lowest BCUT2D eigenvalue weighted by molar-refractivity contribution is 0.397. The van der Waals surface area contributed by atoms with Gasteiger partial charge in [-0.1, -0.05) is 0 Å². The lowest BCUT2D eigenvalue weighted by atomic mass is 10.3. The van der Waals surface area contributed by atoms with Crippen molar-refractivity contribution < 1.29 is 9.15 Å². The zero-order valence-corrected chi connectivity index (χ0v) is 11.5. The summed E-state index contributed by atoms with van der Waals surface area (Å²) in [6.45, 7) is 0.999. The first kappa shape index (κ1) is 13.1. The van der Waals surface area contributed by atoms with Crippen LogP contribution in [0.15, 0.2) is 22.7 Å². The number of hydrogen-bond acceptors (Lipinski definition) is 6. The number of aromatic nitrogens is 3. The van der Waals surface area contributed by atoms with Crippen molar-refractivity contribution in [3.05, 3.63) is 24.2 Å². The summed E-state index contributed by atoms with van der Waals surface area (Å²) in [5, 5.41) is 11.6. The molecule has 0 aromatic carbocycles. The van der Waals surface area contributed by atoms with Crippen molar-refractivity contribution in [2.45, 2.75) is 31.7 Å². The zero-order chi connectivity index (χ0) is 13.8. The molecule has 20 heavy (non-hydrogen) atoms. The van der Waals surface area contributed by atoms with E-state index in [4.69, 9.17) is 9.15 Å². The first-order valence-corrected chi connectivity index (χ1v) is 6.92. The third-order valence-electron chi connectivity index (χ3n) is 3.24. The Morgan fingerprint density at radius 1 is 1.40 bits per heavy atom. The Bertz CT molecular complexity index is 566. The van der Waals surface area contributed by atoms with Gasteiger partial charge in [-0.05, 0) is 37.9 Å². The summed E-state index contributed by atoms with van der Waals surface area (Å²) in [4.78, 5) is 4.12. The van der Waals surface area contributed by atoms with Crippen molar-refractivity contribution in [3.63, 3.8) is 0 Å². The summed E-state index contributed by atoms with van der Waals surface area (Å²) < 4.78 is 10.9.